The van der Waals surface area contributed by atoms with Gasteiger partial charge in [-0.05, 0) is 36.8 Å². The highest BCUT2D eigenvalue weighted by molar-refractivity contribution is 7.92. The summed E-state index contributed by atoms with van der Waals surface area (Å²) >= 11 is 0. The summed E-state index contributed by atoms with van der Waals surface area (Å²) < 4.78 is 41.1. The molecule has 0 atom stereocenters. The van der Waals surface area contributed by atoms with Crippen LogP contribution < -0.4 is 19.5 Å². The van der Waals surface area contributed by atoms with Crippen LogP contribution >= 0.6 is 0 Å². The van der Waals surface area contributed by atoms with E-state index in [1.807, 2.05) is 0 Å². The van der Waals surface area contributed by atoms with Crippen LogP contribution in [0.4, 0.5) is 5.69 Å². The van der Waals surface area contributed by atoms with E-state index in [1.165, 1.54) is 7.11 Å². The van der Waals surface area contributed by atoms with Gasteiger partial charge in [-0.1, -0.05) is 11.2 Å². The lowest BCUT2D eigenvalue weighted by Crippen LogP contribution is -2.24. The van der Waals surface area contributed by atoms with Crippen molar-refractivity contribution < 1.29 is 27.2 Å². The monoisotopic (exact) mass is 446 g/mol. The zero-order valence-electron chi connectivity index (χ0n) is 17.4. The van der Waals surface area contributed by atoms with E-state index in [4.69, 9.17) is 14.0 Å². The molecule has 0 aliphatic heterocycles. The first-order chi connectivity index (χ1) is 14.7. The van der Waals surface area contributed by atoms with Gasteiger partial charge in [0, 0.05) is 11.6 Å². The lowest BCUT2D eigenvalue weighted by molar-refractivity contribution is 0.0945. The van der Waals surface area contributed by atoms with E-state index in [0.29, 0.717) is 39.7 Å². The van der Waals surface area contributed by atoms with Crippen LogP contribution in [0.3, 0.4) is 0 Å². The molecule has 0 bridgehead atoms. The van der Waals surface area contributed by atoms with Crippen molar-refractivity contribution >= 4 is 21.6 Å². The average Bonchev–Trinajstić information content (AvgIpc) is 3.21. The lowest BCUT2D eigenvalue weighted by Gasteiger charge is -2.11. The summed E-state index contributed by atoms with van der Waals surface area (Å²) in [5, 5.41) is 6.63. The summed E-state index contributed by atoms with van der Waals surface area (Å²) in [6.07, 6.45) is 1.05. The van der Waals surface area contributed by atoms with Gasteiger partial charge in [0.1, 0.15) is 11.5 Å². The molecule has 0 saturated heterocycles. The number of hydrogen-bond acceptors (Lipinski definition) is 8. The van der Waals surface area contributed by atoms with Crippen molar-refractivity contribution in [1.29, 1.82) is 0 Å². The maximum Gasteiger partial charge on any atom is 0.252 e. The molecule has 0 aliphatic carbocycles. The van der Waals surface area contributed by atoms with E-state index in [-0.39, 0.29) is 12.4 Å². The second-order valence-electron chi connectivity index (χ2n) is 6.61. The molecule has 3 aromatic rings. The molecule has 1 amide bonds. The number of ether oxygens (including phenoxy) is 2. The minimum absolute atomic E-state index is 0.00647. The van der Waals surface area contributed by atoms with Crippen molar-refractivity contribution in [3.63, 3.8) is 0 Å². The van der Waals surface area contributed by atoms with Gasteiger partial charge in [-0.15, -0.1) is 0 Å². The first-order valence-corrected chi connectivity index (χ1v) is 11.0. The van der Waals surface area contributed by atoms with Gasteiger partial charge in [0.15, 0.2) is 0 Å². The molecule has 0 saturated carbocycles. The highest BCUT2D eigenvalue weighted by Gasteiger charge is 2.17. The SMILES string of the molecule is COc1ccc(-c2noc(CNC(=O)c3cccc(NS(C)(=O)=O)c3C)n2)c(OC)c1. The fourth-order valence-electron chi connectivity index (χ4n) is 2.86. The Labute approximate surface area is 179 Å². The van der Waals surface area contributed by atoms with Crippen molar-refractivity contribution in [2.75, 3.05) is 25.2 Å². The summed E-state index contributed by atoms with van der Waals surface area (Å²) in [5.74, 6) is 1.24. The van der Waals surface area contributed by atoms with Crippen LogP contribution in [0, 0.1) is 6.92 Å². The van der Waals surface area contributed by atoms with Gasteiger partial charge in [-0.3, -0.25) is 9.52 Å². The Morgan fingerprint density at radius 2 is 1.94 bits per heavy atom. The molecular weight excluding hydrogens is 424 g/mol. The van der Waals surface area contributed by atoms with Crippen LogP contribution in [-0.4, -0.2) is 44.9 Å². The number of nitrogens with zero attached hydrogens (tertiary/aromatic N) is 2. The molecule has 2 aromatic carbocycles. The molecule has 2 N–H and O–H groups in total. The molecule has 0 fully saturated rings. The fourth-order valence-corrected chi connectivity index (χ4v) is 3.48. The molecule has 11 heteroatoms. The Morgan fingerprint density at radius 3 is 2.61 bits per heavy atom. The lowest BCUT2D eigenvalue weighted by atomic mass is 10.1. The van der Waals surface area contributed by atoms with Gasteiger partial charge in [0.2, 0.25) is 21.7 Å². The summed E-state index contributed by atoms with van der Waals surface area (Å²) in [4.78, 5) is 16.9. The Balaban J connectivity index is 1.73. The molecule has 0 radical (unpaired) electrons. The highest BCUT2D eigenvalue weighted by atomic mass is 32.2. The fraction of sp³-hybridized carbons (Fsp3) is 0.250. The second-order valence-corrected chi connectivity index (χ2v) is 8.36. The Kier molecular flexibility index (Phi) is 6.44. The number of aromatic nitrogens is 2. The molecule has 10 nitrogen and oxygen atoms in total. The minimum atomic E-state index is -3.46. The van der Waals surface area contributed by atoms with Gasteiger partial charge < -0.3 is 19.3 Å². The van der Waals surface area contributed by atoms with Crippen LogP contribution in [0.5, 0.6) is 11.5 Å². The average molecular weight is 446 g/mol. The van der Waals surface area contributed by atoms with Crippen LogP contribution in [0.1, 0.15) is 21.8 Å². The summed E-state index contributed by atoms with van der Waals surface area (Å²) in [6, 6.07) is 9.97. The second kappa shape index (κ2) is 9.04. The summed E-state index contributed by atoms with van der Waals surface area (Å²) in [6.45, 7) is 1.65. The van der Waals surface area contributed by atoms with Crippen molar-refractivity contribution in [1.82, 2.24) is 15.5 Å². The predicted molar refractivity (Wildman–Crippen MR) is 114 cm³/mol. The molecule has 0 aliphatic rings. The summed E-state index contributed by atoms with van der Waals surface area (Å²) in [5.41, 5.74) is 1.77. The number of hydrogen-bond donors (Lipinski definition) is 2. The number of sulfonamides is 1. The minimum Gasteiger partial charge on any atom is -0.497 e. The van der Waals surface area contributed by atoms with Crippen molar-refractivity contribution in [3.05, 3.63) is 53.4 Å². The number of carbonyl (C=O) groups excluding carboxylic acids is 1. The Hall–Kier alpha value is -3.60. The van der Waals surface area contributed by atoms with E-state index < -0.39 is 15.9 Å². The molecule has 31 heavy (non-hydrogen) atoms. The topological polar surface area (TPSA) is 133 Å². The van der Waals surface area contributed by atoms with E-state index in [2.05, 4.69) is 20.2 Å². The maximum atomic E-state index is 12.6. The van der Waals surface area contributed by atoms with E-state index in [1.54, 1.807) is 50.4 Å². The first kappa shape index (κ1) is 22.1. The zero-order valence-corrected chi connectivity index (χ0v) is 18.2. The maximum absolute atomic E-state index is 12.6. The van der Waals surface area contributed by atoms with Crippen LogP contribution in [0.15, 0.2) is 40.9 Å². The smallest absolute Gasteiger partial charge is 0.252 e. The van der Waals surface area contributed by atoms with Crippen LogP contribution in [0.2, 0.25) is 0 Å². The van der Waals surface area contributed by atoms with Gasteiger partial charge in [0.05, 0.1) is 38.3 Å². The van der Waals surface area contributed by atoms with Crippen molar-refractivity contribution in [2.24, 2.45) is 0 Å². The van der Waals surface area contributed by atoms with Gasteiger partial charge >= 0.3 is 0 Å². The number of benzene rings is 2. The number of nitrogens with one attached hydrogen (secondary N) is 2. The molecule has 3 rings (SSSR count). The van der Waals surface area contributed by atoms with E-state index in [9.17, 15) is 13.2 Å². The Morgan fingerprint density at radius 1 is 1.16 bits per heavy atom. The quantitative estimate of drug-likeness (QED) is 0.539. The molecule has 164 valence electrons. The molecular formula is C20H22N4O6S. The predicted octanol–water partition coefficient (Wildman–Crippen LogP) is 2.36. The highest BCUT2D eigenvalue weighted by Crippen LogP contribution is 2.31. The number of amides is 1. The van der Waals surface area contributed by atoms with Gasteiger partial charge in [-0.25, -0.2) is 8.42 Å². The largest absolute Gasteiger partial charge is 0.497 e. The molecule has 0 spiro atoms. The zero-order chi connectivity index (χ0) is 22.6. The van der Waals surface area contributed by atoms with Crippen LogP contribution in [0.25, 0.3) is 11.4 Å². The van der Waals surface area contributed by atoms with Crippen molar-refractivity contribution in [3.8, 4) is 22.9 Å². The van der Waals surface area contributed by atoms with Crippen LogP contribution in [-0.2, 0) is 16.6 Å². The number of carbonyl (C=O) groups is 1. The number of anilines is 1. The third-order valence-corrected chi connectivity index (χ3v) is 4.98. The standard InChI is InChI=1S/C20H22N4O6S/c1-12-14(6-5-7-16(12)24-31(4,26)27)20(25)21-11-18-22-19(23-30-18)15-9-8-13(28-2)10-17(15)29-3/h5-10,24H,11H2,1-4H3,(H,21,25). The normalized spacial score (nSPS) is 11.1. The van der Waals surface area contributed by atoms with Gasteiger partial charge in [-0.2, -0.15) is 4.98 Å². The molecule has 0 unspecified atom stereocenters. The third-order valence-electron chi connectivity index (χ3n) is 4.39. The molecule has 1 aromatic heterocycles. The first-order valence-electron chi connectivity index (χ1n) is 9.12. The molecule has 1 heterocycles. The van der Waals surface area contributed by atoms with E-state index in [0.717, 1.165) is 6.26 Å². The third kappa shape index (κ3) is 5.31. The van der Waals surface area contributed by atoms with Gasteiger partial charge in [0.25, 0.3) is 5.91 Å². The number of methoxy groups -OCH3 is 2. The van der Waals surface area contributed by atoms with Crippen molar-refractivity contribution in [2.45, 2.75) is 13.5 Å². The van der Waals surface area contributed by atoms with E-state index >= 15 is 0 Å². The summed E-state index contributed by atoms with van der Waals surface area (Å²) in [7, 11) is -0.388. The Bertz CT molecular complexity index is 1210. The number of rotatable bonds is 8.